The first kappa shape index (κ1) is 44.7. The lowest BCUT2D eigenvalue weighted by molar-refractivity contribution is -0.137. The number of halogens is 8. The summed E-state index contributed by atoms with van der Waals surface area (Å²) in [6, 6.07) is 37.0. The molecule has 0 atom stereocenters. The highest BCUT2D eigenvalue weighted by Crippen LogP contribution is 2.40. The molecule has 0 radical (unpaired) electrons. The van der Waals surface area contributed by atoms with E-state index in [0.717, 1.165) is 22.9 Å². The molecule has 4 N–H and O–H groups in total. The van der Waals surface area contributed by atoms with E-state index in [4.69, 9.17) is 67.5 Å². The second kappa shape index (κ2) is 19.0. The van der Waals surface area contributed by atoms with Crippen molar-refractivity contribution in [3.05, 3.63) is 187 Å². The number of carbonyl (C=O) groups is 2. The number of hydrogen-bond acceptors (Lipinski definition) is 6. The first-order valence-corrected chi connectivity index (χ1v) is 20.2. The van der Waals surface area contributed by atoms with Gasteiger partial charge in [0.15, 0.2) is 0 Å². The zero-order chi connectivity index (χ0) is 45.0. The molecule has 0 saturated carbocycles. The van der Waals surface area contributed by atoms with E-state index in [9.17, 15) is 33.0 Å². The predicted octanol–water partition coefficient (Wildman–Crippen LogP) is 15.5. The van der Waals surface area contributed by atoms with Crippen molar-refractivity contribution in [3.8, 4) is 34.5 Å². The van der Waals surface area contributed by atoms with Crippen molar-refractivity contribution < 1.29 is 42.4 Å². The Balaban J connectivity index is 0.000000190. The van der Waals surface area contributed by atoms with Crippen molar-refractivity contribution in [1.29, 1.82) is 0 Å². The van der Waals surface area contributed by atoms with Crippen molar-refractivity contribution in [3.63, 3.8) is 0 Å². The van der Waals surface area contributed by atoms with E-state index in [1.807, 2.05) is 24.3 Å². The molecule has 8 aromatic carbocycles. The molecule has 8 rings (SSSR count). The number of fused-ring (bicyclic) bond motifs is 2. The molecule has 0 aliphatic heterocycles. The lowest BCUT2D eigenvalue weighted by Crippen LogP contribution is -2.13. The molecule has 0 saturated heterocycles. The first-order valence-electron chi connectivity index (χ1n) is 18.4. The molecule has 8 aromatic rings. The van der Waals surface area contributed by atoms with Gasteiger partial charge in [-0.3, -0.25) is 9.59 Å². The Labute approximate surface area is 381 Å². The molecule has 0 aromatic heterocycles. The normalized spacial score (nSPS) is 11.1. The van der Waals surface area contributed by atoms with E-state index in [0.29, 0.717) is 53.8 Å². The number of anilines is 2. The Kier molecular flexibility index (Phi) is 13.5. The summed E-state index contributed by atoms with van der Waals surface area (Å²) in [6.45, 7) is 0. The summed E-state index contributed by atoms with van der Waals surface area (Å²) in [6.07, 6.45) is -4.70. The van der Waals surface area contributed by atoms with E-state index < -0.39 is 23.6 Å². The minimum Gasteiger partial charge on any atom is -0.507 e. The third-order valence-electron chi connectivity index (χ3n) is 9.14. The largest absolute Gasteiger partial charge is 0.507 e. The van der Waals surface area contributed by atoms with Crippen LogP contribution in [-0.2, 0) is 6.18 Å². The summed E-state index contributed by atoms with van der Waals surface area (Å²) in [5.41, 5.74) is -0.939. The molecule has 0 spiro atoms. The van der Waals surface area contributed by atoms with Gasteiger partial charge < -0.3 is 30.3 Å². The van der Waals surface area contributed by atoms with Crippen molar-refractivity contribution in [2.45, 2.75) is 6.18 Å². The number of aromatic hydroxyl groups is 2. The fourth-order valence-electron chi connectivity index (χ4n) is 6.27. The number of rotatable bonds is 8. The molecule has 318 valence electrons. The molecule has 63 heavy (non-hydrogen) atoms. The molecule has 0 bridgehead atoms. The van der Waals surface area contributed by atoms with E-state index in [2.05, 4.69) is 10.6 Å². The van der Waals surface area contributed by atoms with Gasteiger partial charge in [-0.15, -0.1) is 0 Å². The van der Waals surface area contributed by atoms with Crippen molar-refractivity contribution in [1.82, 2.24) is 0 Å². The summed E-state index contributed by atoms with van der Waals surface area (Å²) >= 11 is 30.5. The van der Waals surface area contributed by atoms with Gasteiger partial charge in [-0.25, -0.2) is 0 Å². The smallest absolute Gasteiger partial charge is 0.416 e. The summed E-state index contributed by atoms with van der Waals surface area (Å²) in [7, 11) is 0. The maximum absolute atomic E-state index is 13.5. The zero-order valence-corrected chi connectivity index (χ0v) is 35.7. The van der Waals surface area contributed by atoms with Crippen LogP contribution in [0.1, 0.15) is 26.3 Å². The van der Waals surface area contributed by atoms with Gasteiger partial charge in [0, 0.05) is 70.2 Å². The maximum atomic E-state index is 13.5. The van der Waals surface area contributed by atoms with Crippen molar-refractivity contribution in [2.75, 3.05) is 10.6 Å². The second-order valence-electron chi connectivity index (χ2n) is 13.5. The maximum Gasteiger partial charge on any atom is 0.416 e. The quantitative estimate of drug-likeness (QED) is 0.121. The van der Waals surface area contributed by atoms with Gasteiger partial charge >= 0.3 is 6.18 Å². The summed E-state index contributed by atoms with van der Waals surface area (Å²) in [5.74, 6) is -0.738. The van der Waals surface area contributed by atoms with Gasteiger partial charge in [0.25, 0.3) is 11.8 Å². The van der Waals surface area contributed by atoms with Crippen LogP contribution >= 0.6 is 58.0 Å². The molecule has 0 aliphatic rings. The number of benzene rings is 8. The molecule has 0 heterocycles. The molecule has 8 nitrogen and oxygen atoms in total. The lowest BCUT2D eigenvalue weighted by atomic mass is 10.1. The van der Waals surface area contributed by atoms with E-state index >= 15 is 0 Å². The number of nitrogens with one attached hydrogen (secondary N) is 2. The van der Waals surface area contributed by atoms with Gasteiger partial charge in [-0.2, -0.15) is 13.2 Å². The minimum absolute atomic E-state index is 0.0497. The SMILES string of the molecule is O=C(Nc1cc(Cl)cc(Oc2ccc(Cl)c3ccccc23)c1)c1cc(Cl)ccc1O.O=C(Nc1cc(Oc2ccc(Cl)c3ccccc23)cc(C(F)(F)F)c1)c1cc(Cl)ccc1O. The molecule has 0 fully saturated rings. The van der Waals surface area contributed by atoms with Gasteiger partial charge in [0.2, 0.25) is 0 Å². The highest BCUT2D eigenvalue weighted by atomic mass is 35.5. The van der Waals surface area contributed by atoms with E-state index in [-0.39, 0.29) is 39.1 Å². The summed E-state index contributed by atoms with van der Waals surface area (Å²) < 4.78 is 52.4. The molecule has 16 heteroatoms. The number of carbonyl (C=O) groups excluding carboxylic acids is 2. The summed E-state index contributed by atoms with van der Waals surface area (Å²) in [5, 5.41) is 29.9. The van der Waals surface area contributed by atoms with Crippen LogP contribution in [0.4, 0.5) is 24.5 Å². The average molecular weight is 951 g/mol. The molecule has 0 unspecified atom stereocenters. The van der Waals surface area contributed by atoms with Crippen LogP contribution in [0.5, 0.6) is 34.5 Å². The Morgan fingerprint density at radius 2 is 0.905 bits per heavy atom. The standard InChI is InChI=1S/C24H14Cl2F3NO3.C23H14Cl3NO3/c25-14-5-7-21(31)19(11-14)23(32)30-15-9-13(24(27,28)29)10-16(12-15)33-22-8-6-20(26)17-3-1-2-4-18(17)22;24-13-5-7-21(28)19(11-13)23(29)27-15-9-14(25)10-16(12-15)30-22-8-6-20(26)17-3-1-2-4-18(17)22/h1-12,31H,(H,30,32);1-12,28H,(H,27,29). The van der Waals surface area contributed by atoms with Gasteiger partial charge in [0.1, 0.15) is 34.5 Å². The number of alkyl halides is 3. The first-order chi connectivity index (χ1) is 30.0. The molecule has 0 aliphatic carbocycles. The second-order valence-corrected chi connectivity index (χ2v) is 15.7. The van der Waals surface area contributed by atoms with Crippen LogP contribution < -0.4 is 20.1 Å². The fourth-order valence-corrected chi connectivity index (χ4v) is 7.29. The zero-order valence-electron chi connectivity index (χ0n) is 31.9. The molecule has 2 amide bonds. The topological polar surface area (TPSA) is 117 Å². The third-order valence-corrected chi connectivity index (χ3v) is 10.5. The van der Waals surface area contributed by atoms with E-state index in [1.54, 1.807) is 66.7 Å². The number of hydrogen-bond donors (Lipinski definition) is 4. The minimum atomic E-state index is -4.70. The van der Waals surface area contributed by atoms with Crippen LogP contribution in [0, 0.1) is 0 Å². The van der Waals surface area contributed by atoms with Crippen LogP contribution in [0.25, 0.3) is 21.5 Å². The Morgan fingerprint density at radius 3 is 1.37 bits per heavy atom. The monoisotopic (exact) mass is 948 g/mol. The predicted molar refractivity (Wildman–Crippen MR) is 243 cm³/mol. The number of amides is 2. The molecular formula is C47H28Cl5F3N2O6. The van der Waals surface area contributed by atoms with Crippen LogP contribution in [0.2, 0.25) is 25.1 Å². The average Bonchev–Trinajstić information content (AvgIpc) is 3.24. The van der Waals surface area contributed by atoms with Crippen molar-refractivity contribution >= 4 is 103 Å². The molecular weight excluding hydrogens is 923 g/mol. The highest BCUT2D eigenvalue weighted by Gasteiger charge is 2.32. The number of ether oxygens (including phenoxy) is 2. The number of phenols is 2. The fraction of sp³-hybridized carbons (Fsp3) is 0.0213. The van der Waals surface area contributed by atoms with E-state index in [1.165, 1.54) is 42.5 Å². The number of phenolic OH excluding ortho intramolecular Hbond substituents is 2. The third kappa shape index (κ3) is 10.8. The van der Waals surface area contributed by atoms with Crippen LogP contribution in [-0.4, -0.2) is 22.0 Å². The Morgan fingerprint density at radius 1 is 0.476 bits per heavy atom. The Bertz CT molecular complexity index is 3060. The van der Waals surface area contributed by atoms with Gasteiger partial charge in [-0.1, -0.05) is 107 Å². The van der Waals surface area contributed by atoms with Gasteiger partial charge in [0.05, 0.1) is 16.7 Å². The van der Waals surface area contributed by atoms with Gasteiger partial charge in [-0.05, 0) is 84.9 Å². The highest BCUT2D eigenvalue weighted by molar-refractivity contribution is 6.36. The van der Waals surface area contributed by atoms with Crippen molar-refractivity contribution in [2.24, 2.45) is 0 Å². The Hall–Kier alpha value is -6.34. The van der Waals surface area contributed by atoms with Crippen LogP contribution in [0.15, 0.2) is 146 Å². The summed E-state index contributed by atoms with van der Waals surface area (Å²) in [4.78, 5) is 25.1. The van der Waals surface area contributed by atoms with Crippen LogP contribution in [0.3, 0.4) is 0 Å². The lowest BCUT2D eigenvalue weighted by Gasteiger charge is -2.15.